The summed E-state index contributed by atoms with van der Waals surface area (Å²) in [5, 5.41) is 30.9. The van der Waals surface area contributed by atoms with Crippen molar-refractivity contribution in [3.8, 4) is 0 Å². The fourth-order valence-corrected chi connectivity index (χ4v) is 10.5. The summed E-state index contributed by atoms with van der Waals surface area (Å²) >= 11 is 0. The monoisotopic (exact) mass is 866 g/mol. The Labute approximate surface area is 365 Å². The quantitative estimate of drug-likeness (QED) is 0.0209. The molecule has 0 saturated carbocycles. The van der Waals surface area contributed by atoms with E-state index >= 15 is 0 Å². The van der Waals surface area contributed by atoms with Gasteiger partial charge in [-0.3, -0.25) is 48.2 Å². The number of nitro benzene ring substituents is 2. The zero-order valence-electron chi connectivity index (χ0n) is 35.2. The van der Waals surface area contributed by atoms with Gasteiger partial charge in [0.15, 0.2) is 11.6 Å². The molecule has 0 bridgehead atoms. The molecule has 4 N–H and O–H groups in total. The minimum absolute atomic E-state index is 0.0697. The predicted molar refractivity (Wildman–Crippen MR) is 254 cm³/mol. The highest BCUT2D eigenvalue weighted by Gasteiger charge is 2.29. The van der Waals surface area contributed by atoms with Crippen molar-refractivity contribution in [1.82, 2.24) is 18.8 Å². The van der Waals surface area contributed by atoms with Crippen molar-refractivity contribution in [2.45, 2.75) is 71.6 Å². The lowest BCUT2D eigenvalue weighted by atomic mass is 9.85. The highest BCUT2D eigenvalue weighted by Crippen LogP contribution is 2.49. The van der Waals surface area contributed by atoms with Crippen molar-refractivity contribution in [1.29, 1.82) is 0 Å². The second-order valence-electron chi connectivity index (χ2n) is 17.2. The van der Waals surface area contributed by atoms with E-state index in [4.69, 9.17) is 21.4 Å². The van der Waals surface area contributed by atoms with E-state index in [1.54, 1.807) is 36.4 Å². The zero-order chi connectivity index (χ0) is 45.3. The second-order valence-corrected chi connectivity index (χ2v) is 17.2. The van der Waals surface area contributed by atoms with Gasteiger partial charge in [0.1, 0.15) is 11.3 Å². The molecule has 11 aromatic rings. The highest BCUT2D eigenvalue weighted by atomic mass is 16.6. The molecule has 16 heteroatoms. The van der Waals surface area contributed by atoms with Gasteiger partial charge in [0.2, 0.25) is 0 Å². The molecule has 0 atom stereocenters. The summed E-state index contributed by atoms with van der Waals surface area (Å²) in [5.41, 5.74) is 14.0. The van der Waals surface area contributed by atoms with Crippen LogP contribution in [0.4, 0.5) is 22.7 Å². The number of Topliss-reactive ketones (excluding diaryl/α,β-unsaturated/α-hetero) is 2. The van der Waals surface area contributed by atoms with E-state index < -0.39 is 32.4 Å². The number of nitrogens with zero attached hydrogens (tertiary/aromatic N) is 6. The first-order valence-electron chi connectivity index (χ1n) is 21.7. The molecular formula is C49H38N8O8. The summed E-state index contributed by atoms with van der Waals surface area (Å²) in [4.78, 5) is 88.1. The van der Waals surface area contributed by atoms with Crippen molar-refractivity contribution in [3.63, 3.8) is 0 Å². The summed E-state index contributed by atoms with van der Waals surface area (Å²) in [6.45, 7) is 3.39. The molecule has 7 aromatic carbocycles. The summed E-state index contributed by atoms with van der Waals surface area (Å²) in [7, 11) is 0. The number of unbranched alkanes of at least 4 members (excludes halogenated alkanes) is 7. The van der Waals surface area contributed by atoms with Crippen LogP contribution in [0.1, 0.15) is 92.4 Å². The summed E-state index contributed by atoms with van der Waals surface area (Å²) in [6.07, 6.45) is 8.35. The number of carbonyl (C=O) groups excluding carboxylic acids is 2. The van der Waals surface area contributed by atoms with Gasteiger partial charge in [0, 0.05) is 83.8 Å². The zero-order valence-corrected chi connectivity index (χ0v) is 35.2. The summed E-state index contributed by atoms with van der Waals surface area (Å²) < 4.78 is 2.75. The van der Waals surface area contributed by atoms with Gasteiger partial charge >= 0.3 is 0 Å². The van der Waals surface area contributed by atoms with Crippen molar-refractivity contribution < 1.29 is 19.4 Å². The molecule has 4 heterocycles. The van der Waals surface area contributed by atoms with Crippen molar-refractivity contribution in [2.24, 2.45) is 0 Å². The normalized spacial score (nSPS) is 12.4. The number of imidazole rings is 2. The van der Waals surface area contributed by atoms with Crippen LogP contribution in [0.2, 0.25) is 0 Å². The number of nitro groups is 2. The Balaban J connectivity index is 1.13. The smallest absolute Gasteiger partial charge is 0.282 e. The number of nitrogen functional groups attached to an aromatic ring is 2. The fourth-order valence-electron chi connectivity index (χ4n) is 10.5. The third kappa shape index (κ3) is 5.49. The number of nitrogens with two attached hydrogens (primary N) is 2. The van der Waals surface area contributed by atoms with Gasteiger partial charge in [-0.1, -0.05) is 64.0 Å². The Kier molecular flexibility index (Phi) is 8.66. The largest absolute Gasteiger partial charge is 0.398 e. The maximum atomic E-state index is 14.7. The van der Waals surface area contributed by atoms with Crippen LogP contribution in [-0.2, 0) is 0 Å². The number of ketones is 2. The molecule has 65 heavy (non-hydrogen) atoms. The number of anilines is 2. The van der Waals surface area contributed by atoms with Crippen molar-refractivity contribution in [3.05, 3.63) is 113 Å². The van der Waals surface area contributed by atoms with Gasteiger partial charge < -0.3 is 11.5 Å². The van der Waals surface area contributed by atoms with Crippen LogP contribution >= 0.6 is 0 Å². The van der Waals surface area contributed by atoms with Crippen LogP contribution in [-0.4, -0.2) is 40.2 Å². The molecule has 0 saturated heterocycles. The third-order valence-corrected chi connectivity index (χ3v) is 13.4. The maximum Gasteiger partial charge on any atom is 0.282 e. The average Bonchev–Trinajstić information content (AvgIpc) is 3.86. The first-order valence-corrected chi connectivity index (χ1v) is 21.7. The van der Waals surface area contributed by atoms with E-state index in [-0.39, 0.29) is 62.4 Å². The first-order chi connectivity index (χ1) is 31.3. The number of aromatic nitrogens is 4. The molecule has 11 rings (SSSR count). The number of carbonyl (C=O) groups is 2. The van der Waals surface area contributed by atoms with E-state index in [1.165, 1.54) is 52.8 Å². The van der Waals surface area contributed by atoms with Crippen LogP contribution in [0.5, 0.6) is 0 Å². The summed E-state index contributed by atoms with van der Waals surface area (Å²) in [6, 6.07) is 15.6. The Morgan fingerprint density at radius 1 is 0.569 bits per heavy atom. The van der Waals surface area contributed by atoms with Crippen molar-refractivity contribution in [2.75, 3.05) is 11.5 Å². The van der Waals surface area contributed by atoms with Crippen LogP contribution in [0.15, 0.2) is 70.3 Å². The molecule has 322 valence electrons. The van der Waals surface area contributed by atoms with Gasteiger partial charge in [0.05, 0.1) is 43.0 Å². The first kappa shape index (κ1) is 39.7. The maximum absolute atomic E-state index is 14.7. The van der Waals surface area contributed by atoms with Crippen molar-refractivity contribution >= 4 is 132 Å². The van der Waals surface area contributed by atoms with Gasteiger partial charge in [-0.05, 0) is 60.5 Å². The van der Waals surface area contributed by atoms with Gasteiger partial charge in [-0.2, -0.15) is 0 Å². The Hall–Kier alpha value is -8.14. The second kappa shape index (κ2) is 14.2. The number of benzene rings is 7. The van der Waals surface area contributed by atoms with Crippen LogP contribution in [0.25, 0.3) is 98.0 Å². The summed E-state index contributed by atoms with van der Waals surface area (Å²) in [5.74, 6) is -0.905. The molecule has 0 spiro atoms. The number of hydrogen-bond donors (Lipinski definition) is 2. The molecular weight excluding hydrogens is 829 g/mol. The molecule has 0 amide bonds. The van der Waals surface area contributed by atoms with E-state index in [1.807, 2.05) is 0 Å². The fraction of sp³-hybridized carbons (Fsp3) is 0.224. The van der Waals surface area contributed by atoms with Gasteiger partial charge in [-0.15, -0.1) is 0 Å². The Bertz CT molecular complexity index is 4080. The standard InChI is InChI=1S/C49H38N8O8/c1-3-4-5-6-7-8-9-10-11-39(59)28-19-38-34(21-36(28)57(64)65)53-47-30-17-32(51)43-23-12-14-25-40-29(46-52-33-20-35(56(62)63)27(22(2)58)18-37(33)54(46)48(25)60)16-31(50)42(44(23)40)24-13-15-26(41(30)45(24)43)49(61)55(38)47/h12-21H,3-11,50-51H2,1-2H3. The molecule has 0 aliphatic carbocycles. The van der Waals surface area contributed by atoms with E-state index in [9.17, 15) is 39.4 Å². The minimum Gasteiger partial charge on any atom is -0.398 e. The Morgan fingerprint density at radius 3 is 1.46 bits per heavy atom. The number of hydrogen-bond acceptors (Lipinski definition) is 12. The third-order valence-electron chi connectivity index (χ3n) is 13.4. The molecule has 0 radical (unpaired) electrons. The topological polar surface area (TPSA) is 241 Å². The molecule has 0 fully saturated rings. The SMILES string of the molecule is CCCCCCCCCCC(=O)c1cc2c(cc1[N+](=O)[O-])nc1c3cc(N)c4c5ccc6c(=O)n7c8cc(C(C)=O)c([N+](=O)[O-])cc8nc7c7cc(N)c(c8ccc(c(=O)n21)c3c84)c5c67. The lowest BCUT2D eigenvalue weighted by Gasteiger charge is -2.20. The lowest BCUT2D eigenvalue weighted by Crippen LogP contribution is -2.15. The molecule has 4 aromatic heterocycles. The van der Waals surface area contributed by atoms with E-state index in [0.717, 1.165) is 32.1 Å². The predicted octanol–water partition coefficient (Wildman–Crippen LogP) is 10.1. The highest BCUT2D eigenvalue weighted by molar-refractivity contribution is 6.44. The number of fused-ring (bicyclic) bond motifs is 10. The average molecular weight is 867 g/mol. The van der Waals surface area contributed by atoms with Crippen LogP contribution < -0.4 is 22.6 Å². The minimum atomic E-state index is -0.653. The van der Waals surface area contributed by atoms with Crippen LogP contribution in [0, 0.1) is 20.2 Å². The lowest BCUT2D eigenvalue weighted by molar-refractivity contribution is -0.385. The van der Waals surface area contributed by atoms with Gasteiger partial charge in [-0.25, -0.2) is 9.97 Å². The number of pyridine rings is 2. The molecule has 0 aliphatic rings. The van der Waals surface area contributed by atoms with Crippen LogP contribution in [0.3, 0.4) is 0 Å². The molecule has 16 nitrogen and oxygen atoms in total. The van der Waals surface area contributed by atoms with E-state index in [2.05, 4.69) is 6.92 Å². The molecule has 0 aliphatic heterocycles. The van der Waals surface area contributed by atoms with E-state index in [0.29, 0.717) is 82.4 Å². The Morgan fingerprint density at radius 2 is 1.00 bits per heavy atom. The van der Waals surface area contributed by atoms with Gasteiger partial charge in [0.25, 0.3) is 22.5 Å². The molecule has 0 unspecified atom stereocenters. The number of rotatable bonds is 13.